The highest BCUT2D eigenvalue weighted by Gasteiger charge is 2.22. The molecule has 12 nitrogen and oxygen atoms in total. The first-order chi connectivity index (χ1) is 23.8. The Morgan fingerprint density at radius 3 is 2.28 bits per heavy atom. The van der Waals surface area contributed by atoms with Crippen LogP contribution in [0, 0.1) is 6.92 Å². The molecule has 0 aliphatic heterocycles. The first kappa shape index (κ1) is 38.7. The van der Waals surface area contributed by atoms with Crippen LogP contribution >= 0.6 is 46.1 Å². The number of amides is 2. The van der Waals surface area contributed by atoms with Gasteiger partial charge in [0.1, 0.15) is 12.9 Å². The summed E-state index contributed by atoms with van der Waals surface area (Å²) in [6.07, 6.45) is 7.38. The van der Waals surface area contributed by atoms with E-state index in [9.17, 15) is 18.0 Å². The molecule has 5 rings (SSSR count). The fourth-order valence-corrected chi connectivity index (χ4v) is 7.39. The highest BCUT2D eigenvalue weighted by atomic mass is 35.5. The van der Waals surface area contributed by atoms with Crippen LogP contribution in [0.15, 0.2) is 83.7 Å². The molecule has 0 bridgehead atoms. The van der Waals surface area contributed by atoms with Crippen LogP contribution < -0.4 is 14.8 Å². The van der Waals surface area contributed by atoms with E-state index in [1.807, 2.05) is 49.4 Å². The van der Waals surface area contributed by atoms with Gasteiger partial charge in [-0.15, -0.1) is 0 Å². The summed E-state index contributed by atoms with van der Waals surface area (Å²) in [6, 6.07) is 16.2. The Morgan fingerprint density at radius 2 is 1.72 bits per heavy atom. The third kappa shape index (κ3) is 10.5. The highest BCUT2D eigenvalue weighted by molar-refractivity contribution is 7.91. The Balaban J connectivity index is 0.000000228. The van der Waals surface area contributed by atoms with Crippen molar-refractivity contribution in [3.63, 3.8) is 0 Å². The predicted octanol–water partition coefficient (Wildman–Crippen LogP) is 6.97. The second-order valence-electron chi connectivity index (χ2n) is 10.7. The molecular weight excluding hydrogens is 745 g/mol. The lowest BCUT2D eigenvalue weighted by atomic mass is 10.1. The van der Waals surface area contributed by atoms with Crippen molar-refractivity contribution >= 4 is 73.2 Å². The molecule has 2 N–H and O–H groups in total. The first-order valence-corrected chi connectivity index (χ1v) is 18.6. The Bertz CT molecular complexity index is 1990. The highest BCUT2D eigenvalue weighted by Crippen LogP contribution is 2.35. The van der Waals surface area contributed by atoms with Gasteiger partial charge in [-0.25, -0.2) is 28.3 Å². The number of nitrogens with zero attached hydrogens (tertiary/aromatic N) is 6. The zero-order valence-corrected chi connectivity index (χ0v) is 31.2. The van der Waals surface area contributed by atoms with E-state index in [1.165, 1.54) is 15.8 Å². The molecule has 17 heteroatoms. The van der Waals surface area contributed by atoms with E-state index in [0.29, 0.717) is 39.0 Å². The van der Waals surface area contributed by atoms with Crippen LogP contribution in [0.4, 0.5) is 9.93 Å². The van der Waals surface area contributed by atoms with Crippen LogP contribution in [0.1, 0.15) is 24.6 Å². The minimum atomic E-state index is -3.85. The van der Waals surface area contributed by atoms with Crippen molar-refractivity contribution in [2.45, 2.75) is 30.9 Å². The predicted molar refractivity (Wildman–Crippen MR) is 197 cm³/mol. The van der Waals surface area contributed by atoms with Gasteiger partial charge in [0.05, 0.1) is 34.4 Å². The zero-order chi connectivity index (χ0) is 36.4. The molecule has 0 unspecified atom stereocenters. The standard InChI is InChI=1S/C18H18N4O3S2.C15H16Cl3N3O2/c1-12-17(27(19,24)25)26-18(21-12)22(2)16(23)11-13-6-8-14(9-7-13)15-5-3-4-10-20-15;1-2-4-20(15(22)21-5-3-19-10-21)6-7-23-14-12(17)8-11(16)9-13(14)18/h3-10H,11H2,1-2H3,(H2,19,24,25);3,5,8-10H,2,4,6-7H2,1H3. The van der Waals surface area contributed by atoms with Gasteiger partial charge in [-0.3, -0.25) is 19.2 Å². The van der Waals surface area contributed by atoms with E-state index < -0.39 is 10.0 Å². The number of carbonyl (C=O) groups excluding carboxylic acids is 2. The van der Waals surface area contributed by atoms with Crippen molar-refractivity contribution in [3.05, 3.63) is 106 Å². The van der Waals surface area contributed by atoms with Gasteiger partial charge < -0.3 is 9.64 Å². The number of rotatable bonds is 11. The third-order valence-electron chi connectivity index (χ3n) is 6.99. The lowest BCUT2D eigenvalue weighted by Gasteiger charge is -2.22. The van der Waals surface area contributed by atoms with Gasteiger partial charge in [0, 0.05) is 42.8 Å². The number of nitrogens with two attached hydrogens (primary N) is 1. The summed E-state index contributed by atoms with van der Waals surface area (Å²) in [5.74, 6) is 0.166. The van der Waals surface area contributed by atoms with Gasteiger partial charge in [-0.05, 0) is 43.2 Å². The molecule has 5 aromatic rings. The maximum absolute atomic E-state index is 12.5. The quantitative estimate of drug-likeness (QED) is 0.151. The first-order valence-electron chi connectivity index (χ1n) is 15.1. The van der Waals surface area contributed by atoms with Crippen LogP contribution in [-0.2, 0) is 21.2 Å². The van der Waals surface area contributed by atoms with E-state index in [4.69, 9.17) is 44.7 Å². The Hall–Kier alpha value is -4.05. The fraction of sp³-hybridized carbons (Fsp3) is 0.242. The van der Waals surface area contributed by atoms with Crippen molar-refractivity contribution in [2.75, 3.05) is 31.6 Å². The number of aromatic nitrogens is 4. The average molecular weight is 779 g/mol. The van der Waals surface area contributed by atoms with Crippen molar-refractivity contribution in [2.24, 2.45) is 5.14 Å². The number of hydrogen-bond acceptors (Lipinski definition) is 9. The van der Waals surface area contributed by atoms with Gasteiger partial charge in [-0.2, -0.15) is 0 Å². The number of halogens is 3. The molecule has 3 heterocycles. The summed E-state index contributed by atoms with van der Waals surface area (Å²) in [5, 5.41) is 6.58. The molecule has 0 radical (unpaired) electrons. The molecule has 0 aliphatic carbocycles. The Kier molecular flexibility index (Phi) is 13.8. The van der Waals surface area contributed by atoms with Crippen molar-refractivity contribution in [3.8, 4) is 17.0 Å². The summed E-state index contributed by atoms with van der Waals surface area (Å²) >= 11 is 18.9. The SMILES string of the molecule is CCCN(CCOc1c(Cl)cc(Cl)cc1Cl)C(=O)n1ccnc1.Cc1nc(N(C)C(=O)Cc2ccc(-c3ccccn3)cc2)sc1S(N)(=O)=O. The molecule has 0 saturated heterocycles. The summed E-state index contributed by atoms with van der Waals surface area (Å²) in [7, 11) is -2.28. The molecule has 264 valence electrons. The van der Waals surface area contributed by atoms with Crippen LogP contribution in [0.3, 0.4) is 0 Å². The number of primary sulfonamides is 1. The van der Waals surface area contributed by atoms with Gasteiger partial charge in [0.25, 0.3) is 0 Å². The molecule has 2 amide bonds. The van der Waals surface area contributed by atoms with Crippen LogP contribution in [0.2, 0.25) is 15.1 Å². The maximum Gasteiger partial charge on any atom is 0.329 e. The van der Waals surface area contributed by atoms with E-state index >= 15 is 0 Å². The number of aryl methyl sites for hydroxylation is 1. The average Bonchev–Trinajstić information content (AvgIpc) is 3.76. The molecule has 0 saturated carbocycles. The van der Waals surface area contributed by atoms with E-state index in [-0.39, 0.29) is 34.9 Å². The van der Waals surface area contributed by atoms with Crippen LogP contribution in [0.25, 0.3) is 11.3 Å². The normalized spacial score (nSPS) is 11.0. The van der Waals surface area contributed by atoms with Crippen LogP contribution in [-0.4, -0.2) is 71.5 Å². The largest absolute Gasteiger partial charge is 0.489 e. The Morgan fingerprint density at radius 1 is 1.02 bits per heavy atom. The smallest absolute Gasteiger partial charge is 0.329 e. The van der Waals surface area contributed by atoms with E-state index in [2.05, 4.69) is 15.0 Å². The summed E-state index contributed by atoms with van der Waals surface area (Å²) < 4.78 is 30.1. The maximum atomic E-state index is 12.5. The topological polar surface area (TPSA) is 154 Å². The molecule has 2 aromatic carbocycles. The lowest BCUT2D eigenvalue weighted by Crippen LogP contribution is -2.37. The summed E-state index contributed by atoms with van der Waals surface area (Å²) in [4.78, 5) is 40.2. The number of imidazole rings is 1. The zero-order valence-electron chi connectivity index (χ0n) is 27.3. The number of benzene rings is 2. The summed E-state index contributed by atoms with van der Waals surface area (Å²) in [6.45, 7) is 4.83. The third-order valence-corrected chi connectivity index (χ3v) is 10.6. The minimum Gasteiger partial charge on any atom is -0.489 e. The second-order valence-corrected chi connectivity index (χ2v) is 14.7. The number of sulfonamides is 1. The molecule has 0 aliphatic rings. The van der Waals surface area contributed by atoms with Crippen molar-refractivity contribution < 1.29 is 22.7 Å². The second kappa shape index (κ2) is 17.7. The molecule has 0 atom stereocenters. The number of pyridine rings is 1. The van der Waals surface area contributed by atoms with E-state index in [1.54, 1.807) is 49.6 Å². The Labute approximate surface area is 309 Å². The van der Waals surface area contributed by atoms with Gasteiger partial charge in [0.2, 0.25) is 15.9 Å². The lowest BCUT2D eigenvalue weighted by molar-refractivity contribution is -0.117. The van der Waals surface area contributed by atoms with Gasteiger partial charge >= 0.3 is 6.03 Å². The molecule has 50 heavy (non-hydrogen) atoms. The number of carbonyl (C=O) groups is 2. The molecule has 3 aromatic heterocycles. The van der Waals surface area contributed by atoms with Crippen molar-refractivity contribution in [1.29, 1.82) is 0 Å². The molecule has 0 spiro atoms. The number of likely N-dealkylation sites (N-methyl/N-ethyl adjacent to an activating group) is 1. The summed E-state index contributed by atoms with van der Waals surface area (Å²) in [5.41, 5.74) is 2.96. The fourth-order valence-electron chi connectivity index (χ4n) is 4.54. The van der Waals surface area contributed by atoms with Gasteiger partial charge in [0.15, 0.2) is 15.1 Å². The van der Waals surface area contributed by atoms with Gasteiger partial charge in [-0.1, -0.05) is 83.4 Å². The van der Waals surface area contributed by atoms with E-state index in [0.717, 1.165) is 34.6 Å². The molecular formula is C33H34Cl3N7O5S2. The number of thiazole rings is 1. The van der Waals surface area contributed by atoms with Crippen LogP contribution in [0.5, 0.6) is 5.75 Å². The number of ether oxygens (including phenoxy) is 1. The monoisotopic (exact) mass is 777 g/mol. The molecule has 0 fully saturated rings. The number of anilines is 1. The van der Waals surface area contributed by atoms with Crippen molar-refractivity contribution in [1.82, 2.24) is 24.4 Å². The number of hydrogen-bond donors (Lipinski definition) is 1. The minimum absolute atomic E-state index is 0.0307.